The van der Waals surface area contributed by atoms with E-state index < -0.39 is 16.2 Å². The first-order chi connectivity index (χ1) is 32.8. The molecule has 0 saturated heterocycles. The summed E-state index contributed by atoms with van der Waals surface area (Å²) in [5.74, 6) is 1.73. The highest BCUT2D eigenvalue weighted by Gasteiger charge is 2.58. The minimum Gasteiger partial charge on any atom is -0.426 e. The van der Waals surface area contributed by atoms with Gasteiger partial charge in [-0.25, -0.2) is 0 Å². The molecule has 8 rings (SSSR count). The van der Waals surface area contributed by atoms with Gasteiger partial charge in [0.25, 0.3) is 0 Å². The van der Waals surface area contributed by atoms with Crippen LogP contribution in [0, 0.1) is 28.1 Å². The Morgan fingerprint density at radius 2 is 1.00 bits per heavy atom. The molecule has 4 aliphatic carbocycles. The van der Waals surface area contributed by atoms with Crippen molar-refractivity contribution >= 4 is 23.5 Å². The number of hydrogen-bond donors (Lipinski definition) is 0. The molecule has 0 spiro atoms. The molecule has 6 nitrogen and oxygen atoms in total. The van der Waals surface area contributed by atoms with Crippen LogP contribution in [0.25, 0.3) is 0 Å². The highest BCUT2D eigenvalue weighted by molar-refractivity contribution is 6.02. The number of carbonyl (C=O) groups is 4. The Labute approximate surface area is 420 Å². The third-order valence-electron chi connectivity index (χ3n) is 18.9. The molecule has 4 aromatic rings. The Balaban J connectivity index is 0.955. The van der Waals surface area contributed by atoms with Crippen LogP contribution in [0.15, 0.2) is 72.8 Å². The van der Waals surface area contributed by atoms with Gasteiger partial charge in [0.15, 0.2) is 11.6 Å². The first kappa shape index (κ1) is 51.5. The van der Waals surface area contributed by atoms with E-state index >= 15 is 0 Å². The van der Waals surface area contributed by atoms with E-state index in [-0.39, 0.29) is 63.4 Å². The van der Waals surface area contributed by atoms with E-state index in [9.17, 15) is 19.2 Å². The van der Waals surface area contributed by atoms with Gasteiger partial charge in [-0.3, -0.25) is 19.2 Å². The zero-order valence-electron chi connectivity index (χ0n) is 45.2. The van der Waals surface area contributed by atoms with Crippen molar-refractivity contribution in [1.82, 2.24) is 0 Å². The molecule has 0 aliphatic heterocycles. The molecule has 70 heavy (non-hydrogen) atoms. The Morgan fingerprint density at radius 3 is 1.39 bits per heavy atom. The van der Waals surface area contributed by atoms with Crippen molar-refractivity contribution in [3.8, 4) is 11.5 Å². The van der Waals surface area contributed by atoms with Crippen molar-refractivity contribution in [3.05, 3.63) is 128 Å². The van der Waals surface area contributed by atoms with Gasteiger partial charge in [0, 0.05) is 22.0 Å². The van der Waals surface area contributed by atoms with Crippen molar-refractivity contribution in [2.45, 2.75) is 202 Å². The first-order valence-electron chi connectivity index (χ1n) is 26.9. The predicted molar refractivity (Wildman–Crippen MR) is 283 cm³/mol. The number of hydrogen-bond acceptors (Lipinski definition) is 6. The highest BCUT2D eigenvalue weighted by Crippen LogP contribution is 2.60. The van der Waals surface area contributed by atoms with Crippen LogP contribution in [0.3, 0.4) is 0 Å². The number of carbonyl (C=O) groups excluding carboxylic acids is 4. The molecule has 0 amide bonds. The van der Waals surface area contributed by atoms with Crippen molar-refractivity contribution in [1.29, 1.82) is 0 Å². The number of fused-ring (bicyclic) bond motifs is 6. The van der Waals surface area contributed by atoms with Crippen molar-refractivity contribution in [2.75, 3.05) is 0 Å². The van der Waals surface area contributed by atoms with Crippen LogP contribution in [0.4, 0.5) is 0 Å². The zero-order valence-corrected chi connectivity index (χ0v) is 45.2. The largest absolute Gasteiger partial charge is 0.426 e. The molecule has 0 bridgehead atoms. The van der Waals surface area contributed by atoms with Crippen LogP contribution in [-0.4, -0.2) is 23.5 Å². The lowest BCUT2D eigenvalue weighted by Crippen LogP contribution is -2.53. The summed E-state index contributed by atoms with van der Waals surface area (Å²) in [5, 5.41) is 0. The standard InChI is InChI=1S/C64H82O6/c1-15-30-59(7,8)56(66)51-38-53-43(36-49(51)40(4)5)19-29-55-62(53,12)32-17-34-64(55,14)58(68)70-47-26-22-45(23-27-47)60(9,10)44-20-24-46(25-21-44)69-57(67)63(13)33-16-31-61(11)52-37-50(41(6)65)48(39(2)3)35-42(52)18-28-54(61)63/h20-27,35-40,54-55H,15-19,28-34H2,1-14H3. The molecule has 4 aromatic carbocycles. The lowest BCUT2D eigenvalue weighted by molar-refractivity contribution is -0.155. The SMILES string of the molecule is CCCC(C)(C)C(=O)c1cc2c(cc1C(C)C)CCC1C(C)(C(=O)Oc3ccc(C(C)(C)c4ccc(OC(=O)C5(C)CCCC6(C)c7cc(C(C)=O)c(C(C)C)cc7CCC56)cc4)cc3)CCCC21C. The number of benzene rings is 4. The number of esters is 2. The van der Waals surface area contributed by atoms with Crippen LogP contribution in [0.1, 0.15) is 238 Å². The molecular weight excluding hydrogens is 865 g/mol. The van der Waals surface area contributed by atoms with E-state index in [1.54, 1.807) is 6.92 Å². The van der Waals surface area contributed by atoms with Crippen LogP contribution in [-0.2, 0) is 38.7 Å². The highest BCUT2D eigenvalue weighted by atomic mass is 16.5. The Kier molecular flexibility index (Phi) is 13.7. The zero-order chi connectivity index (χ0) is 50.9. The second-order valence-electron chi connectivity index (χ2n) is 25.0. The lowest BCUT2D eigenvalue weighted by Gasteiger charge is -2.54. The number of Topliss-reactive ketones (excluding diaryl/α,β-unsaturated/α-hetero) is 2. The maximum Gasteiger partial charge on any atom is 0.317 e. The molecule has 0 aromatic heterocycles. The third-order valence-corrected chi connectivity index (χ3v) is 18.9. The summed E-state index contributed by atoms with van der Waals surface area (Å²) in [6.07, 6.45) is 10.7. The van der Waals surface area contributed by atoms with E-state index in [1.165, 1.54) is 22.3 Å². The van der Waals surface area contributed by atoms with Crippen LogP contribution in [0.5, 0.6) is 11.5 Å². The summed E-state index contributed by atoms with van der Waals surface area (Å²) in [7, 11) is 0. The van der Waals surface area contributed by atoms with Crippen molar-refractivity contribution in [2.24, 2.45) is 28.1 Å². The molecule has 2 fully saturated rings. The second-order valence-corrected chi connectivity index (χ2v) is 25.0. The van der Waals surface area contributed by atoms with Gasteiger partial charge in [-0.1, -0.05) is 132 Å². The fraction of sp³-hybridized carbons (Fsp3) is 0.562. The summed E-state index contributed by atoms with van der Waals surface area (Å²) < 4.78 is 12.6. The summed E-state index contributed by atoms with van der Waals surface area (Å²) in [4.78, 5) is 56.0. The number of aryl methyl sites for hydroxylation is 2. The second kappa shape index (κ2) is 18.6. The van der Waals surface area contributed by atoms with Crippen LogP contribution >= 0.6 is 0 Å². The molecular formula is C64H82O6. The molecule has 0 N–H and O–H groups in total. The molecule has 6 unspecified atom stereocenters. The first-order valence-corrected chi connectivity index (χ1v) is 26.9. The van der Waals surface area contributed by atoms with E-state index in [2.05, 4.69) is 126 Å². The monoisotopic (exact) mass is 947 g/mol. The molecule has 0 heterocycles. The maximum atomic E-state index is 14.5. The smallest absolute Gasteiger partial charge is 0.317 e. The van der Waals surface area contributed by atoms with Gasteiger partial charge < -0.3 is 9.47 Å². The van der Waals surface area contributed by atoms with Crippen LogP contribution in [0.2, 0.25) is 0 Å². The van der Waals surface area contributed by atoms with Gasteiger partial charge in [0.1, 0.15) is 11.5 Å². The minimum atomic E-state index is -0.676. The Morgan fingerprint density at radius 1 is 0.600 bits per heavy atom. The topological polar surface area (TPSA) is 86.7 Å². The van der Waals surface area contributed by atoms with E-state index in [0.717, 1.165) is 110 Å². The average Bonchev–Trinajstić information content (AvgIpc) is 3.30. The minimum absolute atomic E-state index is 0.0848. The maximum absolute atomic E-state index is 14.5. The molecule has 4 aliphatic rings. The fourth-order valence-electron chi connectivity index (χ4n) is 14.6. The van der Waals surface area contributed by atoms with Gasteiger partial charge in [-0.05, 0) is 194 Å². The van der Waals surface area contributed by atoms with Crippen molar-refractivity contribution < 1.29 is 28.7 Å². The number of ether oxygens (including phenoxy) is 2. The summed E-state index contributed by atoms with van der Waals surface area (Å²) >= 11 is 0. The number of rotatable bonds is 13. The summed E-state index contributed by atoms with van der Waals surface area (Å²) in [6.45, 7) is 29.9. The van der Waals surface area contributed by atoms with Gasteiger partial charge >= 0.3 is 11.9 Å². The Bertz CT molecular complexity index is 2680. The molecule has 2 saturated carbocycles. The molecule has 374 valence electrons. The molecule has 0 radical (unpaired) electrons. The lowest BCUT2D eigenvalue weighted by atomic mass is 9.49. The normalized spacial score (nSPS) is 26.4. The molecule has 6 atom stereocenters. The van der Waals surface area contributed by atoms with Crippen molar-refractivity contribution in [3.63, 3.8) is 0 Å². The molecule has 6 heteroatoms. The summed E-state index contributed by atoms with van der Waals surface area (Å²) in [5.41, 5.74) is 8.59. The van der Waals surface area contributed by atoms with E-state index in [1.807, 2.05) is 36.4 Å². The van der Waals surface area contributed by atoms with Gasteiger partial charge in [0.2, 0.25) is 0 Å². The fourth-order valence-corrected chi connectivity index (χ4v) is 14.6. The Hall–Kier alpha value is -4.84. The van der Waals surface area contributed by atoms with E-state index in [4.69, 9.17) is 9.47 Å². The van der Waals surface area contributed by atoms with E-state index in [0.29, 0.717) is 11.5 Å². The third kappa shape index (κ3) is 8.73. The predicted octanol–water partition coefficient (Wildman–Crippen LogP) is 15.7. The summed E-state index contributed by atoms with van der Waals surface area (Å²) in [6, 6.07) is 24.9. The van der Waals surface area contributed by atoms with Gasteiger partial charge in [0.05, 0.1) is 10.8 Å². The average molecular weight is 947 g/mol. The van der Waals surface area contributed by atoms with Crippen LogP contribution < -0.4 is 9.47 Å². The quantitative estimate of drug-likeness (QED) is 0.0754. The van der Waals surface area contributed by atoms with Gasteiger partial charge in [-0.15, -0.1) is 0 Å². The van der Waals surface area contributed by atoms with Gasteiger partial charge in [-0.2, -0.15) is 0 Å². The number of ketones is 2.